The average molecular weight is 266 g/mol. The minimum Gasteiger partial charge on any atom is -0.457 e. The highest BCUT2D eigenvalue weighted by Crippen LogP contribution is 2.53. The molecule has 1 aliphatic rings. The van der Waals surface area contributed by atoms with E-state index in [0.29, 0.717) is 0 Å². The number of rotatable bonds is 4. The summed E-state index contributed by atoms with van der Waals surface area (Å²) in [6, 6.07) is 17.1. The second kappa shape index (κ2) is 4.78. The fraction of sp³-hybridized carbons (Fsp3) is 0.278. The predicted octanol–water partition coefficient (Wildman–Crippen LogP) is 4.71. The maximum absolute atomic E-state index is 12.3. The Morgan fingerprint density at radius 3 is 2.10 bits per heavy atom. The van der Waals surface area contributed by atoms with Crippen LogP contribution in [0, 0.1) is 11.3 Å². The number of benzene rings is 2. The van der Waals surface area contributed by atoms with Gasteiger partial charge < -0.3 is 4.74 Å². The zero-order chi connectivity index (χ0) is 14.2. The van der Waals surface area contributed by atoms with Crippen molar-refractivity contribution in [2.45, 2.75) is 20.3 Å². The summed E-state index contributed by atoms with van der Waals surface area (Å²) >= 11 is 0. The molecular formula is C18H18O2. The molecule has 2 aromatic carbocycles. The monoisotopic (exact) mass is 266 g/mol. The van der Waals surface area contributed by atoms with E-state index in [1.54, 1.807) is 0 Å². The van der Waals surface area contributed by atoms with Crippen molar-refractivity contribution in [2.75, 3.05) is 0 Å². The number of ether oxygens (including phenoxy) is 1. The zero-order valence-corrected chi connectivity index (χ0v) is 11.8. The number of hydrogen-bond donors (Lipinski definition) is 0. The summed E-state index contributed by atoms with van der Waals surface area (Å²) in [7, 11) is 0. The third-order valence-electron chi connectivity index (χ3n) is 3.95. The highest BCUT2D eigenvalue weighted by Gasteiger charge is 2.50. The van der Waals surface area contributed by atoms with Gasteiger partial charge in [0.15, 0.2) is 5.78 Å². The van der Waals surface area contributed by atoms with Crippen LogP contribution in [0.5, 0.6) is 11.5 Å². The van der Waals surface area contributed by atoms with Crippen LogP contribution in [0.3, 0.4) is 0 Å². The second-order valence-corrected chi connectivity index (χ2v) is 6.05. The lowest BCUT2D eigenvalue weighted by molar-refractivity contribution is 0.0953. The molecule has 2 aromatic rings. The van der Waals surface area contributed by atoms with E-state index in [1.807, 2.05) is 54.6 Å². The first-order valence-electron chi connectivity index (χ1n) is 6.93. The molecule has 1 saturated carbocycles. The van der Waals surface area contributed by atoms with E-state index in [0.717, 1.165) is 23.5 Å². The molecule has 0 heterocycles. The van der Waals surface area contributed by atoms with Crippen LogP contribution in [0.2, 0.25) is 0 Å². The van der Waals surface area contributed by atoms with Gasteiger partial charge in [0.2, 0.25) is 0 Å². The third-order valence-corrected chi connectivity index (χ3v) is 3.95. The van der Waals surface area contributed by atoms with Gasteiger partial charge >= 0.3 is 0 Å². The number of ketones is 1. The summed E-state index contributed by atoms with van der Waals surface area (Å²) in [4.78, 5) is 12.3. The SMILES string of the molecule is CC1(C)CC1C(=O)c1ccc(Oc2ccccc2)cc1. The fourth-order valence-electron chi connectivity index (χ4n) is 2.43. The van der Waals surface area contributed by atoms with Crippen LogP contribution in [0.4, 0.5) is 0 Å². The Kier molecular flexibility index (Phi) is 3.09. The van der Waals surface area contributed by atoms with Crippen LogP contribution in [-0.2, 0) is 0 Å². The van der Waals surface area contributed by atoms with E-state index in [-0.39, 0.29) is 17.1 Å². The first-order valence-corrected chi connectivity index (χ1v) is 6.93. The quantitative estimate of drug-likeness (QED) is 0.749. The number of para-hydroxylation sites is 1. The second-order valence-electron chi connectivity index (χ2n) is 6.05. The molecule has 0 amide bonds. The highest BCUT2D eigenvalue weighted by atomic mass is 16.5. The summed E-state index contributed by atoms with van der Waals surface area (Å²) in [5.74, 6) is 1.99. The molecule has 0 bridgehead atoms. The molecule has 2 heteroatoms. The molecule has 1 fully saturated rings. The van der Waals surface area contributed by atoms with E-state index in [9.17, 15) is 4.79 Å². The largest absolute Gasteiger partial charge is 0.457 e. The Balaban J connectivity index is 1.70. The van der Waals surface area contributed by atoms with Crippen molar-refractivity contribution in [3.63, 3.8) is 0 Å². The standard InChI is InChI=1S/C18H18O2/c1-18(2)12-16(18)17(19)13-8-10-15(11-9-13)20-14-6-4-3-5-7-14/h3-11,16H,12H2,1-2H3. The minimum absolute atomic E-state index is 0.177. The number of carbonyl (C=O) groups excluding carboxylic acids is 1. The van der Waals surface area contributed by atoms with E-state index in [1.165, 1.54) is 0 Å². The Morgan fingerprint density at radius 2 is 1.55 bits per heavy atom. The molecule has 102 valence electrons. The lowest BCUT2D eigenvalue weighted by Gasteiger charge is -2.07. The maximum atomic E-state index is 12.3. The molecule has 1 aliphatic carbocycles. The van der Waals surface area contributed by atoms with Gasteiger partial charge in [-0.1, -0.05) is 32.0 Å². The van der Waals surface area contributed by atoms with Gasteiger partial charge in [-0.25, -0.2) is 0 Å². The lowest BCUT2D eigenvalue weighted by atomic mass is 10.0. The van der Waals surface area contributed by atoms with E-state index >= 15 is 0 Å². The number of hydrogen-bond acceptors (Lipinski definition) is 2. The first-order chi connectivity index (χ1) is 9.56. The Morgan fingerprint density at radius 1 is 1.00 bits per heavy atom. The summed E-state index contributed by atoms with van der Waals surface area (Å²) in [6.45, 7) is 4.28. The maximum Gasteiger partial charge on any atom is 0.166 e. The van der Waals surface area contributed by atoms with E-state index in [4.69, 9.17) is 4.74 Å². The van der Waals surface area contributed by atoms with Crippen molar-refractivity contribution in [1.29, 1.82) is 0 Å². The Labute approximate surface area is 119 Å². The molecule has 3 rings (SSSR count). The molecular weight excluding hydrogens is 248 g/mol. The highest BCUT2D eigenvalue weighted by molar-refractivity contribution is 6.00. The lowest BCUT2D eigenvalue weighted by Crippen LogP contribution is -2.06. The van der Waals surface area contributed by atoms with Gasteiger partial charge in [0, 0.05) is 11.5 Å². The molecule has 20 heavy (non-hydrogen) atoms. The smallest absolute Gasteiger partial charge is 0.166 e. The molecule has 0 radical (unpaired) electrons. The zero-order valence-electron chi connectivity index (χ0n) is 11.8. The Hall–Kier alpha value is -2.09. The molecule has 2 nitrogen and oxygen atoms in total. The normalized spacial score (nSPS) is 19.4. The van der Waals surface area contributed by atoms with Crippen LogP contribution < -0.4 is 4.74 Å². The molecule has 0 aromatic heterocycles. The Bertz CT molecular complexity index is 612. The van der Waals surface area contributed by atoms with Crippen molar-refractivity contribution in [1.82, 2.24) is 0 Å². The molecule has 1 atom stereocenters. The number of Topliss-reactive ketones (excluding diaryl/α,β-unsaturated/α-hetero) is 1. The summed E-state index contributed by atoms with van der Waals surface area (Å²) in [5.41, 5.74) is 0.956. The minimum atomic E-state index is 0.177. The van der Waals surface area contributed by atoms with Crippen molar-refractivity contribution >= 4 is 5.78 Å². The van der Waals surface area contributed by atoms with Gasteiger partial charge in [-0.05, 0) is 48.2 Å². The molecule has 0 spiro atoms. The van der Waals surface area contributed by atoms with E-state index in [2.05, 4.69) is 13.8 Å². The summed E-state index contributed by atoms with van der Waals surface area (Å²) in [6.07, 6.45) is 0.994. The fourth-order valence-corrected chi connectivity index (χ4v) is 2.43. The van der Waals surface area contributed by atoms with Crippen molar-refractivity contribution in [3.8, 4) is 11.5 Å². The van der Waals surface area contributed by atoms with Crippen LogP contribution in [0.25, 0.3) is 0 Å². The average Bonchev–Trinajstić information content (AvgIpc) is 3.09. The van der Waals surface area contributed by atoms with Crippen LogP contribution in [-0.4, -0.2) is 5.78 Å². The van der Waals surface area contributed by atoms with Gasteiger partial charge in [0.1, 0.15) is 11.5 Å². The molecule has 0 N–H and O–H groups in total. The van der Waals surface area contributed by atoms with Crippen LogP contribution >= 0.6 is 0 Å². The predicted molar refractivity (Wildman–Crippen MR) is 79.2 cm³/mol. The van der Waals surface area contributed by atoms with Gasteiger partial charge in [-0.15, -0.1) is 0 Å². The summed E-state index contributed by atoms with van der Waals surface area (Å²) < 4.78 is 5.72. The first kappa shape index (κ1) is 12.9. The van der Waals surface area contributed by atoms with E-state index < -0.39 is 0 Å². The van der Waals surface area contributed by atoms with Gasteiger partial charge in [0.05, 0.1) is 0 Å². The van der Waals surface area contributed by atoms with Gasteiger partial charge in [-0.2, -0.15) is 0 Å². The van der Waals surface area contributed by atoms with Crippen molar-refractivity contribution < 1.29 is 9.53 Å². The molecule has 0 saturated heterocycles. The molecule has 1 unspecified atom stereocenters. The van der Waals surface area contributed by atoms with Gasteiger partial charge in [-0.3, -0.25) is 4.79 Å². The van der Waals surface area contributed by atoms with Crippen molar-refractivity contribution in [2.24, 2.45) is 11.3 Å². The van der Waals surface area contributed by atoms with Crippen LogP contribution in [0.15, 0.2) is 54.6 Å². The molecule has 0 aliphatic heterocycles. The number of carbonyl (C=O) groups is 1. The van der Waals surface area contributed by atoms with Crippen molar-refractivity contribution in [3.05, 3.63) is 60.2 Å². The van der Waals surface area contributed by atoms with Crippen LogP contribution in [0.1, 0.15) is 30.6 Å². The third kappa shape index (κ3) is 2.60. The van der Waals surface area contributed by atoms with Gasteiger partial charge in [0.25, 0.3) is 0 Å². The topological polar surface area (TPSA) is 26.3 Å². The summed E-state index contributed by atoms with van der Waals surface area (Å²) in [5, 5.41) is 0.